The summed E-state index contributed by atoms with van der Waals surface area (Å²) in [5.74, 6) is 0. The summed E-state index contributed by atoms with van der Waals surface area (Å²) in [5.41, 5.74) is 0.522. The Balaban J connectivity index is 2.80. The van der Waals surface area contributed by atoms with Crippen LogP contribution in [0.15, 0.2) is 30.3 Å². The topological polar surface area (TPSA) is 40.5 Å². The van der Waals surface area contributed by atoms with E-state index < -0.39 is 5.41 Å². The molecule has 3 nitrogen and oxygen atoms in total. The lowest BCUT2D eigenvalue weighted by atomic mass is 9.83. The predicted molar refractivity (Wildman–Crippen MR) is 78.3 cm³/mol. The lowest BCUT2D eigenvalue weighted by Crippen LogP contribution is -2.41. The zero-order valence-electron chi connectivity index (χ0n) is 12.0. The molecular weight excluding hydrogens is 238 g/mol. The molecule has 0 saturated carbocycles. The van der Waals surface area contributed by atoms with Gasteiger partial charge in [-0.15, -0.1) is 0 Å². The Kier molecular flexibility index (Phi) is 6.74. The molecule has 0 fully saturated rings. The summed E-state index contributed by atoms with van der Waals surface area (Å²) >= 11 is 0. The summed E-state index contributed by atoms with van der Waals surface area (Å²) in [5, 5.41) is 9.15. The lowest BCUT2D eigenvalue weighted by molar-refractivity contribution is -0.112. The molecule has 106 valence electrons. The minimum atomic E-state index is -0.510. The maximum atomic E-state index is 11.6. The van der Waals surface area contributed by atoms with Gasteiger partial charge in [0.2, 0.25) is 0 Å². The summed E-state index contributed by atoms with van der Waals surface area (Å²) in [7, 11) is 0. The Morgan fingerprint density at radius 1 is 1.26 bits per heavy atom. The van der Waals surface area contributed by atoms with E-state index in [0.29, 0.717) is 13.1 Å². The quantitative estimate of drug-likeness (QED) is 0.695. The van der Waals surface area contributed by atoms with Crippen molar-refractivity contribution in [3.8, 4) is 0 Å². The van der Waals surface area contributed by atoms with Crippen molar-refractivity contribution in [1.82, 2.24) is 4.90 Å². The molecule has 3 heteroatoms. The van der Waals surface area contributed by atoms with Crippen LogP contribution >= 0.6 is 0 Å². The van der Waals surface area contributed by atoms with E-state index in [4.69, 9.17) is 5.11 Å². The minimum absolute atomic E-state index is 0.132. The van der Waals surface area contributed by atoms with Crippen LogP contribution in [0.4, 0.5) is 0 Å². The van der Waals surface area contributed by atoms with Gasteiger partial charge in [-0.3, -0.25) is 4.90 Å². The first-order valence-corrected chi connectivity index (χ1v) is 7.01. The third kappa shape index (κ3) is 4.77. The number of benzene rings is 1. The summed E-state index contributed by atoms with van der Waals surface area (Å²) in [6.07, 6.45) is 3.23. The molecule has 0 aliphatic rings. The van der Waals surface area contributed by atoms with Gasteiger partial charge in [0.1, 0.15) is 6.29 Å². The number of nitrogens with zero attached hydrogens (tertiary/aromatic N) is 1. The van der Waals surface area contributed by atoms with Crippen LogP contribution < -0.4 is 0 Å². The Hall–Kier alpha value is -1.19. The molecule has 19 heavy (non-hydrogen) atoms. The number of hydrogen-bond donors (Lipinski definition) is 1. The van der Waals surface area contributed by atoms with E-state index in [2.05, 4.69) is 11.8 Å². The van der Waals surface area contributed by atoms with Crippen LogP contribution in [0.3, 0.4) is 0 Å². The van der Waals surface area contributed by atoms with E-state index in [0.717, 1.165) is 31.2 Å². The summed E-state index contributed by atoms with van der Waals surface area (Å²) in [4.78, 5) is 13.7. The van der Waals surface area contributed by atoms with Gasteiger partial charge in [0.25, 0.3) is 0 Å². The van der Waals surface area contributed by atoms with Gasteiger partial charge in [0, 0.05) is 13.1 Å². The van der Waals surface area contributed by atoms with Gasteiger partial charge in [0.05, 0.1) is 12.0 Å². The fourth-order valence-corrected chi connectivity index (χ4v) is 2.27. The molecule has 0 aromatic heterocycles. The fraction of sp³-hybridized carbons (Fsp3) is 0.562. The monoisotopic (exact) mass is 263 g/mol. The van der Waals surface area contributed by atoms with Gasteiger partial charge in [-0.2, -0.15) is 0 Å². The van der Waals surface area contributed by atoms with Crippen molar-refractivity contribution in [2.24, 2.45) is 0 Å². The fourth-order valence-electron chi connectivity index (χ4n) is 2.27. The number of unbranched alkanes of at least 4 members (excludes halogenated alkanes) is 1. The number of carbonyl (C=O) groups excluding carboxylic acids is 1. The first kappa shape index (κ1) is 15.9. The highest BCUT2D eigenvalue weighted by molar-refractivity contribution is 5.68. The highest BCUT2D eigenvalue weighted by atomic mass is 16.3. The SMILES string of the molecule is CCCCN(CCO)CC(C)(C=O)c1ccccc1. The molecule has 0 aliphatic carbocycles. The Morgan fingerprint density at radius 2 is 1.95 bits per heavy atom. The van der Waals surface area contributed by atoms with Crippen molar-refractivity contribution in [2.75, 3.05) is 26.2 Å². The number of hydrogen-bond acceptors (Lipinski definition) is 3. The molecule has 0 aliphatic heterocycles. The number of aliphatic hydroxyl groups excluding tert-OH is 1. The number of aldehydes is 1. The number of carbonyl (C=O) groups is 1. The van der Waals surface area contributed by atoms with E-state index in [-0.39, 0.29) is 6.61 Å². The second-order valence-corrected chi connectivity index (χ2v) is 5.25. The van der Waals surface area contributed by atoms with Crippen molar-refractivity contribution in [3.05, 3.63) is 35.9 Å². The first-order chi connectivity index (χ1) is 9.16. The summed E-state index contributed by atoms with van der Waals surface area (Å²) in [6, 6.07) is 9.85. The van der Waals surface area contributed by atoms with Crippen LogP contribution in [0.25, 0.3) is 0 Å². The Labute approximate surface area is 116 Å². The molecular formula is C16H25NO2. The molecule has 1 atom stereocenters. The maximum Gasteiger partial charge on any atom is 0.131 e. The zero-order chi connectivity index (χ0) is 14.1. The minimum Gasteiger partial charge on any atom is -0.395 e. The van der Waals surface area contributed by atoms with Crippen LogP contribution in [0.5, 0.6) is 0 Å². The predicted octanol–water partition coefficient (Wildman–Crippen LogP) is 2.24. The van der Waals surface area contributed by atoms with E-state index in [1.807, 2.05) is 37.3 Å². The standard InChI is InChI=1S/C16H25NO2/c1-3-4-10-17(11-12-18)13-16(2,14-19)15-8-6-5-7-9-15/h5-9,14,18H,3-4,10-13H2,1-2H3. The molecule has 1 unspecified atom stereocenters. The molecule has 1 rings (SSSR count). The van der Waals surface area contributed by atoms with Crippen LogP contribution in [0.1, 0.15) is 32.3 Å². The lowest BCUT2D eigenvalue weighted by Gasteiger charge is -2.31. The second kappa shape index (κ2) is 8.08. The van der Waals surface area contributed by atoms with Crippen molar-refractivity contribution in [2.45, 2.75) is 32.1 Å². The number of rotatable bonds is 9. The summed E-state index contributed by atoms with van der Waals surface area (Å²) in [6.45, 7) is 6.44. The van der Waals surface area contributed by atoms with Gasteiger partial charge >= 0.3 is 0 Å². The van der Waals surface area contributed by atoms with Crippen molar-refractivity contribution in [1.29, 1.82) is 0 Å². The van der Waals surface area contributed by atoms with Crippen molar-refractivity contribution in [3.63, 3.8) is 0 Å². The average Bonchev–Trinajstić information content (AvgIpc) is 2.46. The van der Waals surface area contributed by atoms with E-state index in [1.165, 1.54) is 0 Å². The number of aliphatic hydroxyl groups is 1. The van der Waals surface area contributed by atoms with Gasteiger partial charge in [-0.05, 0) is 25.5 Å². The molecule has 0 saturated heterocycles. The smallest absolute Gasteiger partial charge is 0.131 e. The largest absolute Gasteiger partial charge is 0.395 e. The van der Waals surface area contributed by atoms with E-state index in [1.54, 1.807) is 0 Å². The van der Waals surface area contributed by atoms with E-state index >= 15 is 0 Å². The highest BCUT2D eigenvalue weighted by Crippen LogP contribution is 2.22. The van der Waals surface area contributed by atoms with Gasteiger partial charge < -0.3 is 9.90 Å². The molecule has 0 bridgehead atoms. The Morgan fingerprint density at radius 3 is 2.47 bits per heavy atom. The second-order valence-electron chi connectivity index (χ2n) is 5.25. The van der Waals surface area contributed by atoms with Gasteiger partial charge in [0.15, 0.2) is 0 Å². The summed E-state index contributed by atoms with van der Waals surface area (Å²) < 4.78 is 0. The van der Waals surface area contributed by atoms with Crippen LogP contribution in [-0.2, 0) is 10.2 Å². The van der Waals surface area contributed by atoms with E-state index in [9.17, 15) is 4.79 Å². The average molecular weight is 263 g/mol. The van der Waals surface area contributed by atoms with Gasteiger partial charge in [-0.25, -0.2) is 0 Å². The van der Waals surface area contributed by atoms with Crippen molar-refractivity contribution < 1.29 is 9.90 Å². The zero-order valence-corrected chi connectivity index (χ0v) is 12.0. The van der Waals surface area contributed by atoms with Crippen LogP contribution in [-0.4, -0.2) is 42.5 Å². The molecule has 1 N–H and O–H groups in total. The molecule has 0 radical (unpaired) electrons. The Bertz CT molecular complexity index is 366. The van der Waals surface area contributed by atoms with Crippen LogP contribution in [0, 0.1) is 0 Å². The van der Waals surface area contributed by atoms with Gasteiger partial charge in [-0.1, -0.05) is 43.7 Å². The maximum absolute atomic E-state index is 11.6. The van der Waals surface area contributed by atoms with Crippen molar-refractivity contribution >= 4 is 6.29 Å². The molecule has 1 aromatic rings. The highest BCUT2D eigenvalue weighted by Gasteiger charge is 2.28. The third-order valence-corrected chi connectivity index (χ3v) is 3.49. The molecule has 0 spiro atoms. The van der Waals surface area contributed by atoms with Crippen LogP contribution in [0.2, 0.25) is 0 Å². The molecule has 0 amide bonds. The molecule has 0 heterocycles. The third-order valence-electron chi connectivity index (χ3n) is 3.49. The normalized spacial score (nSPS) is 14.3. The first-order valence-electron chi connectivity index (χ1n) is 7.01. The molecule has 1 aromatic carbocycles.